The van der Waals surface area contributed by atoms with Crippen LogP contribution in [-0.4, -0.2) is 5.66 Å². The van der Waals surface area contributed by atoms with E-state index in [9.17, 15) is 0 Å². The molecule has 0 bridgehead atoms. The lowest BCUT2D eigenvalue weighted by atomic mass is 10.1. The van der Waals surface area contributed by atoms with E-state index in [1.165, 1.54) is 5.56 Å². The summed E-state index contributed by atoms with van der Waals surface area (Å²) < 4.78 is 0. The molecule has 88 valence electrons. The number of hydrogen-bond acceptors (Lipinski definition) is 1. The summed E-state index contributed by atoms with van der Waals surface area (Å²) in [7, 11) is 2.83. The molecule has 2 rings (SSSR count). The summed E-state index contributed by atoms with van der Waals surface area (Å²) in [5.74, 6) is 0. The number of para-hydroxylation sites is 1. The fourth-order valence-electron chi connectivity index (χ4n) is 1.78. The van der Waals surface area contributed by atoms with Gasteiger partial charge in [0.1, 0.15) is 0 Å². The SMILES string of the molecule is CC(P)Cc1ccc(Nc2ccccc2)cc1. The van der Waals surface area contributed by atoms with Gasteiger partial charge in [-0.05, 0) is 41.9 Å². The van der Waals surface area contributed by atoms with Gasteiger partial charge in [-0.15, -0.1) is 9.24 Å². The van der Waals surface area contributed by atoms with E-state index < -0.39 is 0 Å². The fourth-order valence-corrected chi connectivity index (χ4v) is 2.06. The van der Waals surface area contributed by atoms with Gasteiger partial charge in [0.25, 0.3) is 0 Å². The van der Waals surface area contributed by atoms with Crippen LogP contribution in [0.3, 0.4) is 0 Å². The topological polar surface area (TPSA) is 12.0 Å². The van der Waals surface area contributed by atoms with E-state index in [2.05, 4.69) is 57.9 Å². The monoisotopic (exact) mass is 243 g/mol. The zero-order valence-electron chi connectivity index (χ0n) is 10.1. The average Bonchev–Trinajstić information content (AvgIpc) is 2.32. The molecular formula is C15H18NP. The summed E-state index contributed by atoms with van der Waals surface area (Å²) in [6.07, 6.45) is 1.11. The minimum absolute atomic E-state index is 0.628. The summed E-state index contributed by atoms with van der Waals surface area (Å²) in [6.45, 7) is 2.21. The van der Waals surface area contributed by atoms with Crippen molar-refractivity contribution in [3.05, 3.63) is 60.2 Å². The first-order valence-corrected chi connectivity index (χ1v) is 6.57. The van der Waals surface area contributed by atoms with Crippen LogP contribution in [0.4, 0.5) is 11.4 Å². The van der Waals surface area contributed by atoms with Crippen LogP contribution in [0.5, 0.6) is 0 Å². The minimum Gasteiger partial charge on any atom is -0.356 e. The van der Waals surface area contributed by atoms with E-state index in [0.29, 0.717) is 5.66 Å². The van der Waals surface area contributed by atoms with Crippen molar-refractivity contribution in [2.45, 2.75) is 19.0 Å². The van der Waals surface area contributed by atoms with Gasteiger partial charge in [0, 0.05) is 11.4 Å². The van der Waals surface area contributed by atoms with Crippen molar-refractivity contribution in [3.8, 4) is 0 Å². The van der Waals surface area contributed by atoms with Crippen molar-refractivity contribution >= 4 is 20.6 Å². The van der Waals surface area contributed by atoms with Crippen LogP contribution in [0.15, 0.2) is 54.6 Å². The van der Waals surface area contributed by atoms with Gasteiger partial charge >= 0.3 is 0 Å². The van der Waals surface area contributed by atoms with Gasteiger partial charge in [-0.3, -0.25) is 0 Å². The number of rotatable bonds is 4. The smallest absolute Gasteiger partial charge is 0.0384 e. The Kier molecular flexibility index (Phi) is 4.17. The van der Waals surface area contributed by atoms with Crippen molar-refractivity contribution in [3.63, 3.8) is 0 Å². The van der Waals surface area contributed by atoms with E-state index in [-0.39, 0.29) is 0 Å². The zero-order valence-corrected chi connectivity index (χ0v) is 11.2. The average molecular weight is 243 g/mol. The highest BCUT2D eigenvalue weighted by atomic mass is 31.0. The van der Waals surface area contributed by atoms with E-state index in [4.69, 9.17) is 0 Å². The van der Waals surface area contributed by atoms with E-state index >= 15 is 0 Å². The molecule has 0 radical (unpaired) electrons. The van der Waals surface area contributed by atoms with Gasteiger partial charge in [0.15, 0.2) is 0 Å². The number of anilines is 2. The first-order chi connectivity index (χ1) is 8.24. The summed E-state index contributed by atoms with van der Waals surface area (Å²) >= 11 is 0. The van der Waals surface area contributed by atoms with Gasteiger partial charge in [0.2, 0.25) is 0 Å². The second kappa shape index (κ2) is 5.84. The highest BCUT2D eigenvalue weighted by Crippen LogP contribution is 2.18. The Balaban J connectivity index is 2.03. The third-order valence-electron chi connectivity index (χ3n) is 2.57. The molecular weight excluding hydrogens is 225 g/mol. The normalized spacial score (nSPS) is 12.1. The fraction of sp³-hybridized carbons (Fsp3) is 0.200. The Labute approximate surface area is 105 Å². The van der Waals surface area contributed by atoms with E-state index in [1.54, 1.807) is 0 Å². The third-order valence-corrected chi connectivity index (χ3v) is 2.81. The summed E-state index contributed by atoms with van der Waals surface area (Å²) in [4.78, 5) is 0. The molecule has 0 fully saturated rings. The molecule has 0 spiro atoms. The summed E-state index contributed by atoms with van der Waals surface area (Å²) in [6, 6.07) is 18.9. The van der Waals surface area contributed by atoms with E-state index in [0.717, 1.165) is 17.8 Å². The molecule has 0 saturated carbocycles. The Bertz CT molecular complexity index is 448. The number of benzene rings is 2. The first-order valence-electron chi connectivity index (χ1n) is 5.90. The maximum atomic E-state index is 3.38. The molecule has 2 heteroatoms. The third kappa shape index (κ3) is 3.87. The van der Waals surface area contributed by atoms with E-state index in [1.807, 2.05) is 18.2 Å². The van der Waals surface area contributed by atoms with Gasteiger partial charge in [0.05, 0.1) is 0 Å². The lowest BCUT2D eigenvalue weighted by molar-refractivity contribution is 0.945. The highest BCUT2D eigenvalue weighted by molar-refractivity contribution is 7.17. The van der Waals surface area contributed by atoms with Crippen LogP contribution in [0.2, 0.25) is 0 Å². The second-order valence-corrected chi connectivity index (χ2v) is 5.51. The van der Waals surface area contributed by atoms with Crippen LogP contribution in [0.25, 0.3) is 0 Å². The van der Waals surface area contributed by atoms with Gasteiger partial charge in [-0.1, -0.05) is 37.3 Å². The molecule has 2 unspecified atom stereocenters. The predicted octanol–water partition coefficient (Wildman–Crippen LogP) is 4.24. The van der Waals surface area contributed by atoms with Crippen LogP contribution in [-0.2, 0) is 6.42 Å². The van der Waals surface area contributed by atoms with Crippen LogP contribution < -0.4 is 5.32 Å². The molecule has 0 heterocycles. The van der Waals surface area contributed by atoms with Gasteiger partial charge in [-0.2, -0.15) is 0 Å². The quantitative estimate of drug-likeness (QED) is 0.792. The lowest BCUT2D eigenvalue weighted by Crippen LogP contribution is -1.96. The Morgan fingerprint density at radius 3 is 2.12 bits per heavy atom. The van der Waals surface area contributed by atoms with Crippen molar-refractivity contribution in [2.75, 3.05) is 5.32 Å². The molecule has 0 saturated heterocycles. The van der Waals surface area contributed by atoms with Crippen LogP contribution in [0.1, 0.15) is 12.5 Å². The Morgan fingerprint density at radius 2 is 1.53 bits per heavy atom. The van der Waals surface area contributed by atoms with Crippen molar-refractivity contribution < 1.29 is 0 Å². The molecule has 2 atom stereocenters. The van der Waals surface area contributed by atoms with Crippen molar-refractivity contribution in [2.24, 2.45) is 0 Å². The minimum atomic E-state index is 0.628. The Morgan fingerprint density at radius 1 is 0.941 bits per heavy atom. The maximum Gasteiger partial charge on any atom is 0.0384 e. The molecule has 0 aliphatic carbocycles. The summed E-state index contributed by atoms with van der Waals surface area (Å²) in [5, 5.41) is 3.38. The van der Waals surface area contributed by atoms with Gasteiger partial charge in [-0.25, -0.2) is 0 Å². The van der Waals surface area contributed by atoms with Crippen LogP contribution >= 0.6 is 9.24 Å². The Hall–Kier alpha value is -1.33. The molecule has 2 aromatic rings. The number of nitrogens with one attached hydrogen (secondary N) is 1. The molecule has 17 heavy (non-hydrogen) atoms. The number of hydrogen-bond donors (Lipinski definition) is 1. The summed E-state index contributed by atoms with van der Waals surface area (Å²) in [5.41, 5.74) is 4.27. The molecule has 0 aliphatic rings. The maximum absolute atomic E-state index is 3.38. The lowest BCUT2D eigenvalue weighted by Gasteiger charge is -2.08. The predicted molar refractivity (Wildman–Crippen MR) is 79.0 cm³/mol. The molecule has 1 N–H and O–H groups in total. The molecule has 0 aliphatic heterocycles. The second-order valence-electron chi connectivity index (χ2n) is 4.37. The molecule has 1 nitrogen and oxygen atoms in total. The zero-order chi connectivity index (χ0) is 12.1. The van der Waals surface area contributed by atoms with Crippen molar-refractivity contribution in [1.82, 2.24) is 0 Å². The standard InChI is InChI=1S/C15H18NP/c1-12(17)11-13-7-9-15(10-8-13)16-14-5-3-2-4-6-14/h2-10,12,16H,11,17H2,1H3. The largest absolute Gasteiger partial charge is 0.356 e. The van der Waals surface area contributed by atoms with Gasteiger partial charge < -0.3 is 5.32 Å². The molecule has 2 aromatic carbocycles. The first kappa shape index (κ1) is 12.1. The van der Waals surface area contributed by atoms with Crippen molar-refractivity contribution in [1.29, 1.82) is 0 Å². The highest BCUT2D eigenvalue weighted by Gasteiger charge is 1.98. The molecule has 0 aromatic heterocycles. The molecule has 0 amide bonds. The van der Waals surface area contributed by atoms with Crippen LogP contribution in [0, 0.1) is 0 Å².